The van der Waals surface area contributed by atoms with Crippen molar-refractivity contribution in [1.82, 2.24) is 5.32 Å². The van der Waals surface area contributed by atoms with Crippen LogP contribution in [0.1, 0.15) is 20.8 Å². The number of carbonyl (C=O) groups is 1. The average Bonchev–Trinajstić information content (AvgIpc) is 2.77. The maximum atomic E-state index is 12.0. The highest BCUT2D eigenvalue weighted by atomic mass is 32.2. The van der Waals surface area contributed by atoms with Gasteiger partial charge in [-0.15, -0.1) is 11.3 Å². The fraction of sp³-hybridized carbons (Fsp3) is 0.545. The number of hydrogen-bond acceptors (Lipinski definition) is 3. The smallest absolute Gasteiger partial charge is 0.235 e. The zero-order valence-corrected chi connectivity index (χ0v) is 11.4. The molecule has 0 aromatic carbocycles. The van der Waals surface area contributed by atoms with Crippen molar-refractivity contribution in [2.45, 2.75) is 30.2 Å². The van der Waals surface area contributed by atoms with E-state index in [1.807, 2.05) is 25.3 Å². The first-order valence-corrected chi connectivity index (χ1v) is 7.33. The first-order chi connectivity index (χ1) is 7.52. The van der Waals surface area contributed by atoms with E-state index in [4.69, 9.17) is 0 Å². The Hall–Kier alpha value is -0.680. The summed E-state index contributed by atoms with van der Waals surface area (Å²) in [5.74, 6) is 0.270. The third-order valence-electron chi connectivity index (χ3n) is 2.07. The van der Waals surface area contributed by atoms with E-state index in [1.54, 1.807) is 13.0 Å². The lowest BCUT2D eigenvalue weighted by atomic mass is 10.2. The summed E-state index contributed by atoms with van der Waals surface area (Å²) >= 11 is 1.42. The van der Waals surface area contributed by atoms with Crippen molar-refractivity contribution in [1.29, 1.82) is 0 Å². The Balaban J connectivity index is 2.54. The second-order valence-corrected chi connectivity index (χ2v) is 6.96. The molecule has 5 heteroatoms. The van der Waals surface area contributed by atoms with Crippen LogP contribution in [0.25, 0.3) is 0 Å². The molecule has 16 heavy (non-hydrogen) atoms. The van der Waals surface area contributed by atoms with Crippen molar-refractivity contribution in [3.8, 4) is 0 Å². The van der Waals surface area contributed by atoms with E-state index in [9.17, 15) is 9.00 Å². The average molecular weight is 259 g/mol. The van der Waals surface area contributed by atoms with Crippen molar-refractivity contribution in [2.75, 3.05) is 6.54 Å². The molecule has 0 aliphatic carbocycles. The van der Waals surface area contributed by atoms with Crippen molar-refractivity contribution >= 4 is 28.0 Å². The minimum atomic E-state index is -1.24. The molecule has 0 spiro atoms. The highest BCUT2D eigenvalue weighted by Crippen LogP contribution is 2.17. The molecule has 0 bridgehead atoms. The van der Waals surface area contributed by atoms with Crippen LogP contribution in [-0.4, -0.2) is 21.9 Å². The Morgan fingerprint density at radius 1 is 1.50 bits per heavy atom. The van der Waals surface area contributed by atoms with Gasteiger partial charge in [0.2, 0.25) is 5.91 Å². The molecule has 0 aliphatic heterocycles. The molecule has 2 atom stereocenters. The standard InChI is InChI=1S/C11H17NO2S2/c1-8(2)7-12-11(13)9(3)16(14)10-5-4-6-15-10/h4-6,8-9H,7H2,1-3H3,(H,12,13)/t9-,16+/m1/s1. The first-order valence-electron chi connectivity index (χ1n) is 5.24. The van der Waals surface area contributed by atoms with Gasteiger partial charge in [0.25, 0.3) is 0 Å². The quantitative estimate of drug-likeness (QED) is 0.879. The molecule has 1 aromatic heterocycles. The van der Waals surface area contributed by atoms with E-state index in [-0.39, 0.29) is 5.91 Å². The molecule has 1 heterocycles. The predicted octanol–water partition coefficient (Wildman–Crippen LogP) is 2.02. The number of carbonyl (C=O) groups excluding carboxylic acids is 1. The highest BCUT2D eigenvalue weighted by molar-refractivity contribution is 7.88. The summed E-state index contributed by atoms with van der Waals surface area (Å²) in [5, 5.41) is 4.18. The fourth-order valence-corrected chi connectivity index (χ4v) is 3.36. The van der Waals surface area contributed by atoms with Crippen LogP contribution in [0, 0.1) is 5.92 Å². The number of amides is 1. The van der Waals surface area contributed by atoms with E-state index in [0.717, 1.165) is 4.21 Å². The van der Waals surface area contributed by atoms with Crippen molar-refractivity contribution in [2.24, 2.45) is 5.92 Å². The van der Waals surface area contributed by atoms with Crippen LogP contribution in [0.4, 0.5) is 0 Å². The largest absolute Gasteiger partial charge is 0.355 e. The molecule has 0 unspecified atom stereocenters. The van der Waals surface area contributed by atoms with Gasteiger partial charge in [-0.1, -0.05) is 19.9 Å². The lowest BCUT2D eigenvalue weighted by Crippen LogP contribution is -2.37. The summed E-state index contributed by atoms with van der Waals surface area (Å²) in [6.07, 6.45) is 0. The molecule has 3 nitrogen and oxygen atoms in total. The Morgan fingerprint density at radius 2 is 2.19 bits per heavy atom. The maximum absolute atomic E-state index is 12.0. The lowest BCUT2D eigenvalue weighted by molar-refractivity contribution is -0.120. The Bertz CT molecular complexity index is 360. The highest BCUT2D eigenvalue weighted by Gasteiger charge is 2.21. The normalized spacial score (nSPS) is 14.8. The van der Waals surface area contributed by atoms with Crippen molar-refractivity contribution in [3.63, 3.8) is 0 Å². The Morgan fingerprint density at radius 3 is 2.69 bits per heavy atom. The summed E-state index contributed by atoms with van der Waals surface area (Å²) < 4.78 is 12.7. The molecule has 0 saturated heterocycles. The van der Waals surface area contributed by atoms with Gasteiger partial charge >= 0.3 is 0 Å². The SMILES string of the molecule is CC(C)CNC(=O)[C@@H](C)[S@](=O)c1cccs1. The van der Waals surface area contributed by atoms with Crippen LogP contribution in [0.5, 0.6) is 0 Å². The van der Waals surface area contributed by atoms with Gasteiger partial charge in [0, 0.05) is 6.54 Å². The van der Waals surface area contributed by atoms with Gasteiger partial charge in [-0.05, 0) is 24.3 Å². The number of rotatable bonds is 5. The molecule has 0 radical (unpaired) electrons. The maximum Gasteiger partial charge on any atom is 0.235 e. The summed E-state index contributed by atoms with van der Waals surface area (Å²) in [6.45, 7) is 6.39. The van der Waals surface area contributed by atoms with Gasteiger partial charge in [-0.25, -0.2) is 0 Å². The van der Waals surface area contributed by atoms with Gasteiger partial charge in [-0.3, -0.25) is 9.00 Å². The molecule has 0 aliphatic rings. The number of nitrogens with one attached hydrogen (secondary N) is 1. The van der Waals surface area contributed by atoms with Crippen LogP contribution < -0.4 is 5.32 Å². The lowest BCUT2D eigenvalue weighted by Gasteiger charge is -2.12. The Labute approximate surface area is 103 Å². The summed E-state index contributed by atoms with van der Waals surface area (Å²) in [6, 6.07) is 3.64. The molecule has 0 saturated carbocycles. The minimum absolute atomic E-state index is 0.138. The molecule has 1 rings (SSSR count). The van der Waals surface area contributed by atoms with Crippen LogP contribution in [0.2, 0.25) is 0 Å². The van der Waals surface area contributed by atoms with Gasteiger partial charge in [-0.2, -0.15) is 0 Å². The molecular weight excluding hydrogens is 242 g/mol. The zero-order valence-electron chi connectivity index (χ0n) is 9.73. The third-order valence-corrected chi connectivity index (χ3v) is 4.90. The van der Waals surface area contributed by atoms with E-state index >= 15 is 0 Å². The monoisotopic (exact) mass is 259 g/mol. The summed E-state index contributed by atoms with van der Waals surface area (Å²) in [4.78, 5) is 11.7. The molecule has 90 valence electrons. The van der Waals surface area contributed by atoms with Crippen LogP contribution in [0.3, 0.4) is 0 Å². The van der Waals surface area contributed by atoms with Crippen LogP contribution in [-0.2, 0) is 15.6 Å². The second-order valence-electron chi connectivity index (χ2n) is 4.01. The van der Waals surface area contributed by atoms with Gasteiger partial charge in [0.15, 0.2) is 0 Å². The van der Waals surface area contributed by atoms with Crippen LogP contribution >= 0.6 is 11.3 Å². The molecular formula is C11H17NO2S2. The van der Waals surface area contributed by atoms with E-state index < -0.39 is 16.0 Å². The van der Waals surface area contributed by atoms with E-state index in [0.29, 0.717) is 12.5 Å². The van der Waals surface area contributed by atoms with Crippen LogP contribution in [0.15, 0.2) is 21.7 Å². The van der Waals surface area contributed by atoms with Gasteiger partial charge in [0.1, 0.15) is 5.25 Å². The summed E-state index contributed by atoms with van der Waals surface area (Å²) in [5.41, 5.74) is 0. The Kier molecular flexibility index (Phi) is 5.15. The predicted molar refractivity (Wildman–Crippen MR) is 68.0 cm³/mol. The topological polar surface area (TPSA) is 46.2 Å². The number of thiophene rings is 1. The number of hydrogen-bond donors (Lipinski definition) is 1. The zero-order chi connectivity index (χ0) is 12.1. The first kappa shape index (κ1) is 13.4. The van der Waals surface area contributed by atoms with Crippen molar-refractivity contribution in [3.05, 3.63) is 17.5 Å². The van der Waals surface area contributed by atoms with E-state index in [1.165, 1.54) is 11.3 Å². The van der Waals surface area contributed by atoms with Gasteiger partial charge in [0.05, 0.1) is 15.0 Å². The molecule has 1 amide bonds. The van der Waals surface area contributed by atoms with Crippen molar-refractivity contribution < 1.29 is 9.00 Å². The second kappa shape index (κ2) is 6.15. The third kappa shape index (κ3) is 3.72. The van der Waals surface area contributed by atoms with E-state index in [2.05, 4.69) is 5.32 Å². The summed E-state index contributed by atoms with van der Waals surface area (Å²) in [7, 11) is -1.24. The minimum Gasteiger partial charge on any atom is -0.355 e. The molecule has 1 N–H and O–H groups in total. The molecule has 0 fully saturated rings. The fourth-order valence-electron chi connectivity index (χ4n) is 1.10. The molecule has 1 aromatic rings. The van der Waals surface area contributed by atoms with Gasteiger partial charge < -0.3 is 5.32 Å².